The summed E-state index contributed by atoms with van der Waals surface area (Å²) in [4.78, 5) is 26.2. The number of nitrogens with zero attached hydrogens (tertiary/aromatic N) is 3. The number of pyridine rings is 1. The first-order valence-electron chi connectivity index (χ1n) is 9.62. The van der Waals surface area contributed by atoms with Crippen molar-refractivity contribution >= 4 is 33.4 Å². The molecular formula is C20H24N6OS. The molecule has 0 spiro atoms. The SMILES string of the molecule is C[C@H](Nc1nc(C(=O)NCCC2CCNC2)c2sccc2n1)c1ccccn1. The summed E-state index contributed by atoms with van der Waals surface area (Å²) in [5.74, 6) is 0.937. The Morgan fingerprint density at radius 2 is 2.29 bits per heavy atom. The summed E-state index contributed by atoms with van der Waals surface area (Å²) in [5, 5.41) is 11.6. The first-order chi connectivity index (χ1) is 13.7. The highest BCUT2D eigenvalue weighted by atomic mass is 32.1. The molecule has 0 saturated carbocycles. The molecule has 1 unspecified atom stereocenters. The predicted octanol–water partition coefficient (Wildman–Crippen LogP) is 2.99. The second-order valence-corrected chi connectivity index (χ2v) is 7.97. The van der Waals surface area contributed by atoms with E-state index < -0.39 is 0 Å². The van der Waals surface area contributed by atoms with Gasteiger partial charge in [0.25, 0.3) is 5.91 Å². The van der Waals surface area contributed by atoms with Gasteiger partial charge >= 0.3 is 0 Å². The summed E-state index contributed by atoms with van der Waals surface area (Å²) >= 11 is 1.49. The van der Waals surface area contributed by atoms with Crippen molar-refractivity contribution in [1.82, 2.24) is 25.6 Å². The van der Waals surface area contributed by atoms with Gasteiger partial charge in [-0.15, -0.1) is 11.3 Å². The number of carbonyl (C=O) groups is 1. The zero-order chi connectivity index (χ0) is 19.3. The van der Waals surface area contributed by atoms with E-state index in [1.54, 1.807) is 6.20 Å². The van der Waals surface area contributed by atoms with E-state index in [0.29, 0.717) is 24.1 Å². The van der Waals surface area contributed by atoms with Crippen LogP contribution in [-0.4, -0.2) is 40.5 Å². The van der Waals surface area contributed by atoms with Crippen molar-refractivity contribution < 1.29 is 4.79 Å². The highest BCUT2D eigenvalue weighted by molar-refractivity contribution is 7.17. The Morgan fingerprint density at radius 3 is 3.07 bits per heavy atom. The Bertz CT molecular complexity index is 938. The first-order valence-corrected chi connectivity index (χ1v) is 10.5. The molecule has 0 bridgehead atoms. The van der Waals surface area contributed by atoms with Crippen LogP contribution >= 0.6 is 11.3 Å². The molecule has 1 amide bonds. The van der Waals surface area contributed by atoms with E-state index >= 15 is 0 Å². The quantitative estimate of drug-likeness (QED) is 0.569. The van der Waals surface area contributed by atoms with Gasteiger partial charge in [-0.2, -0.15) is 0 Å². The molecular weight excluding hydrogens is 372 g/mol. The fourth-order valence-corrected chi connectivity index (χ4v) is 4.23. The number of amides is 1. The third-order valence-corrected chi connectivity index (χ3v) is 5.91. The van der Waals surface area contributed by atoms with Crippen molar-refractivity contribution in [3.05, 3.63) is 47.2 Å². The van der Waals surface area contributed by atoms with Gasteiger partial charge in [0.05, 0.1) is 22.0 Å². The maximum absolute atomic E-state index is 12.8. The van der Waals surface area contributed by atoms with Gasteiger partial charge in [-0.05, 0) is 62.4 Å². The van der Waals surface area contributed by atoms with Gasteiger partial charge < -0.3 is 16.0 Å². The molecule has 28 heavy (non-hydrogen) atoms. The van der Waals surface area contributed by atoms with Gasteiger partial charge in [0.2, 0.25) is 5.95 Å². The van der Waals surface area contributed by atoms with Crippen molar-refractivity contribution in [2.45, 2.75) is 25.8 Å². The predicted molar refractivity (Wildman–Crippen MR) is 112 cm³/mol. The van der Waals surface area contributed by atoms with Gasteiger partial charge in [-0.1, -0.05) is 6.07 Å². The molecule has 1 aliphatic rings. The second-order valence-electron chi connectivity index (χ2n) is 7.05. The van der Waals surface area contributed by atoms with Crippen LogP contribution < -0.4 is 16.0 Å². The number of carbonyl (C=O) groups excluding carboxylic acids is 1. The number of hydrogen-bond donors (Lipinski definition) is 3. The number of thiophene rings is 1. The van der Waals surface area contributed by atoms with Gasteiger partial charge in [0.1, 0.15) is 0 Å². The van der Waals surface area contributed by atoms with E-state index in [-0.39, 0.29) is 11.9 Å². The summed E-state index contributed by atoms with van der Waals surface area (Å²) in [5.41, 5.74) is 2.11. The van der Waals surface area contributed by atoms with E-state index in [2.05, 4.69) is 30.9 Å². The van der Waals surface area contributed by atoms with Crippen molar-refractivity contribution in [1.29, 1.82) is 0 Å². The lowest BCUT2D eigenvalue weighted by molar-refractivity contribution is 0.0948. The molecule has 3 aromatic rings. The maximum atomic E-state index is 12.8. The lowest BCUT2D eigenvalue weighted by Crippen LogP contribution is -2.27. The Labute approximate surface area is 168 Å². The van der Waals surface area contributed by atoms with Crippen LogP contribution in [0.2, 0.25) is 0 Å². The van der Waals surface area contributed by atoms with Gasteiger partial charge in [-0.3, -0.25) is 9.78 Å². The Hall–Kier alpha value is -2.58. The number of anilines is 1. The zero-order valence-corrected chi connectivity index (χ0v) is 16.6. The lowest BCUT2D eigenvalue weighted by atomic mass is 10.1. The van der Waals surface area contributed by atoms with Crippen molar-refractivity contribution in [2.24, 2.45) is 5.92 Å². The van der Waals surface area contributed by atoms with E-state index in [1.807, 2.05) is 36.6 Å². The fraction of sp³-hybridized carbons (Fsp3) is 0.400. The van der Waals surface area contributed by atoms with E-state index in [9.17, 15) is 4.79 Å². The molecule has 4 rings (SSSR count). The number of hydrogen-bond acceptors (Lipinski definition) is 7. The highest BCUT2D eigenvalue weighted by Gasteiger charge is 2.19. The van der Waals surface area contributed by atoms with Crippen LogP contribution in [0.1, 0.15) is 42.0 Å². The summed E-state index contributed by atoms with van der Waals surface area (Å²) in [6.07, 6.45) is 3.92. The molecule has 0 aromatic carbocycles. The molecule has 0 aliphatic carbocycles. The van der Waals surface area contributed by atoms with E-state index in [0.717, 1.165) is 35.4 Å². The van der Waals surface area contributed by atoms with Crippen LogP contribution in [0, 0.1) is 5.92 Å². The monoisotopic (exact) mass is 396 g/mol. The van der Waals surface area contributed by atoms with Crippen LogP contribution in [-0.2, 0) is 0 Å². The van der Waals surface area contributed by atoms with Crippen LogP contribution in [0.3, 0.4) is 0 Å². The van der Waals surface area contributed by atoms with Crippen molar-refractivity contribution in [2.75, 3.05) is 25.0 Å². The molecule has 4 heterocycles. The molecule has 1 saturated heterocycles. The zero-order valence-electron chi connectivity index (χ0n) is 15.8. The smallest absolute Gasteiger partial charge is 0.271 e. The summed E-state index contributed by atoms with van der Waals surface area (Å²) < 4.78 is 0.816. The minimum absolute atomic E-state index is 0.0666. The normalized spacial score (nSPS) is 17.5. The number of nitrogens with one attached hydrogen (secondary N) is 3. The largest absolute Gasteiger partial charge is 0.351 e. The fourth-order valence-electron chi connectivity index (χ4n) is 3.42. The second kappa shape index (κ2) is 8.62. The molecule has 7 nitrogen and oxygen atoms in total. The van der Waals surface area contributed by atoms with Crippen LogP contribution in [0.5, 0.6) is 0 Å². The maximum Gasteiger partial charge on any atom is 0.271 e. The number of aromatic nitrogens is 3. The molecule has 3 aromatic heterocycles. The molecule has 3 N–H and O–H groups in total. The average Bonchev–Trinajstić information content (AvgIpc) is 3.39. The van der Waals surface area contributed by atoms with Crippen LogP contribution in [0.25, 0.3) is 10.2 Å². The Kier molecular flexibility index (Phi) is 5.78. The molecule has 1 aliphatic heterocycles. The van der Waals surface area contributed by atoms with Gasteiger partial charge in [-0.25, -0.2) is 9.97 Å². The molecule has 146 valence electrons. The van der Waals surface area contributed by atoms with E-state index in [4.69, 9.17) is 0 Å². The lowest BCUT2D eigenvalue weighted by Gasteiger charge is -2.14. The standard InChI is InChI=1S/C20H24N6OS/c1-13(15-4-2-3-8-22-15)24-20-25-16-7-11-28-18(16)17(26-20)19(27)23-10-6-14-5-9-21-12-14/h2-4,7-8,11,13-14,21H,5-6,9-10,12H2,1H3,(H,23,27)(H,24,25,26)/t13-,14?/m0/s1. The molecule has 0 radical (unpaired) electrons. The third kappa shape index (κ3) is 4.28. The average molecular weight is 397 g/mol. The summed E-state index contributed by atoms with van der Waals surface area (Å²) in [6, 6.07) is 7.63. The molecule has 2 atom stereocenters. The molecule has 1 fully saturated rings. The first kappa shape index (κ1) is 18.8. The number of fused-ring (bicyclic) bond motifs is 1. The minimum atomic E-state index is -0.144. The Balaban J connectivity index is 1.49. The van der Waals surface area contributed by atoms with Crippen molar-refractivity contribution in [3.63, 3.8) is 0 Å². The summed E-state index contributed by atoms with van der Waals surface area (Å²) in [7, 11) is 0. The van der Waals surface area contributed by atoms with Gasteiger partial charge in [0.15, 0.2) is 5.69 Å². The van der Waals surface area contributed by atoms with Crippen LogP contribution in [0.4, 0.5) is 5.95 Å². The highest BCUT2D eigenvalue weighted by Crippen LogP contribution is 2.25. The topological polar surface area (TPSA) is 91.8 Å². The van der Waals surface area contributed by atoms with E-state index in [1.165, 1.54) is 17.8 Å². The number of rotatable bonds is 7. The summed E-state index contributed by atoms with van der Waals surface area (Å²) in [6.45, 7) is 4.77. The minimum Gasteiger partial charge on any atom is -0.351 e. The van der Waals surface area contributed by atoms with Crippen LogP contribution in [0.15, 0.2) is 35.8 Å². The third-order valence-electron chi connectivity index (χ3n) is 5.00. The Morgan fingerprint density at radius 1 is 1.36 bits per heavy atom. The molecule has 8 heteroatoms. The van der Waals surface area contributed by atoms with Crippen molar-refractivity contribution in [3.8, 4) is 0 Å². The van der Waals surface area contributed by atoms with Gasteiger partial charge in [0, 0.05) is 12.7 Å².